The molecule has 0 bridgehead atoms. The molecule has 1 amide bonds. The van der Waals surface area contributed by atoms with Crippen LogP contribution in [0.15, 0.2) is 54.4 Å². The van der Waals surface area contributed by atoms with E-state index in [9.17, 15) is 31.1 Å². The van der Waals surface area contributed by atoms with E-state index < -0.39 is 29.4 Å². The zero-order valence-corrected chi connectivity index (χ0v) is 18.2. The van der Waals surface area contributed by atoms with Gasteiger partial charge in [-0.3, -0.25) is 4.79 Å². The van der Waals surface area contributed by atoms with Gasteiger partial charge in [0.1, 0.15) is 0 Å². The predicted octanol–water partition coefficient (Wildman–Crippen LogP) is 5.71. The van der Waals surface area contributed by atoms with E-state index in [1.165, 1.54) is 6.08 Å². The van der Waals surface area contributed by atoms with Gasteiger partial charge in [-0.2, -0.15) is 26.3 Å². The van der Waals surface area contributed by atoms with Crippen LogP contribution >= 0.6 is 11.6 Å². The summed E-state index contributed by atoms with van der Waals surface area (Å²) in [6.07, 6.45) is -3.11. The highest BCUT2D eigenvalue weighted by molar-refractivity contribution is 6.33. The van der Waals surface area contributed by atoms with Crippen molar-refractivity contribution in [2.24, 2.45) is 11.7 Å². The van der Waals surface area contributed by atoms with Gasteiger partial charge in [0.25, 0.3) is 5.91 Å². The van der Waals surface area contributed by atoms with Crippen LogP contribution in [0.25, 0.3) is 0 Å². The molecule has 4 N–H and O–H groups in total. The first-order chi connectivity index (χ1) is 15.3. The van der Waals surface area contributed by atoms with Crippen LogP contribution in [0.5, 0.6) is 0 Å². The first kappa shape index (κ1) is 26.6. The lowest BCUT2D eigenvalue weighted by Gasteiger charge is -2.29. The molecule has 33 heavy (non-hydrogen) atoms. The Balaban J connectivity index is 1.81. The zero-order valence-electron chi connectivity index (χ0n) is 17.5. The summed E-state index contributed by atoms with van der Waals surface area (Å²) in [5.41, 5.74) is 3.57. The van der Waals surface area contributed by atoms with Crippen molar-refractivity contribution in [1.82, 2.24) is 10.6 Å². The van der Waals surface area contributed by atoms with Gasteiger partial charge in [0.05, 0.1) is 22.0 Å². The van der Waals surface area contributed by atoms with Crippen molar-refractivity contribution >= 4 is 17.5 Å². The summed E-state index contributed by atoms with van der Waals surface area (Å²) in [7, 11) is 0. The second-order valence-corrected chi connectivity index (χ2v) is 8.18. The number of nitrogens with two attached hydrogens (primary N) is 1. The molecule has 0 radical (unpaired) electrons. The first-order valence-corrected chi connectivity index (χ1v) is 10.5. The molecule has 1 aromatic carbocycles. The second-order valence-electron chi connectivity index (χ2n) is 7.77. The molecule has 0 saturated heterocycles. The number of carbonyl (C=O) groups excluding carboxylic acids is 1. The molecule has 1 aliphatic carbocycles. The molecule has 0 aliphatic heterocycles. The van der Waals surface area contributed by atoms with Crippen molar-refractivity contribution in [3.8, 4) is 0 Å². The normalized spacial score (nSPS) is 20.0. The maximum absolute atomic E-state index is 12.9. The number of amides is 1. The largest absolute Gasteiger partial charge is 0.416 e. The highest BCUT2D eigenvalue weighted by Gasteiger charge is 2.32. The quantitative estimate of drug-likeness (QED) is 0.335. The number of hydrogen-bond donors (Lipinski definition) is 3. The summed E-state index contributed by atoms with van der Waals surface area (Å²) < 4.78 is 75.8. The van der Waals surface area contributed by atoms with Crippen LogP contribution in [0.2, 0.25) is 5.02 Å². The lowest BCUT2D eigenvalue weighted by molar-refractivity contribution is -0.137. The van der Waals surface area contributed by atoms with Crippen LogP contribution in [0.3, 0.4) is 0 Å². The minimum atomic E-state index is -4.58. The van der Waals surface area contributed by atoms with Crippen LogP contribution in [0.4, 0.5) is 26.3 Å². The van der Waals surface area contributed by atoms with E-state index in [1.807, 2.05) is 0 Å². The van der Waals surface area contributed by atoms with E-state index in [1.54, 1.807) is 0 Å². The Labute approximate surface area is 192 Å². The number of halogens is 7. The minimum absolute atomic E-state index is 0.0616. The van der Waals surface area contributed by atoms with Crippen molar-refractivity contribution in [1.29, 1.82) is 0 Å². The summed E-state index contributed by atoms with van der Waals surface area (Å²) in [5.74, 6) is -0.237. The highest BCUT2D eigenvalue weighted by atomic mass is 35.5. The van der Waals surface area contributed by atoms with Crippen molar-refractivity contribution in [3.05, 3.63) is 70.5 Å². The molecule has 4 nitrogen and oxygen atoms in total. The number of rotatable bonds is 7. The number of alkyl halides is 6. The van der Waals surface area contributed by atoms with Gasteiger partial charge in [-0.1, -0.05) is 30.3 Å². The molecule has 1 aromatic rings. The minimum Gasteiger partial charge on any atom is -0.386 e. The van der Waals surface area contributed by atoms with Gasteiger partial charge in [-0.25, -0.2) is 0 Å². The molecule has 0 atom stereocenters. The van der Waals surface area contributed by atoms with Crippen molar-refractivity contribution < 1.29 is 31.1 Å². The number of nitrogens with one attached hydrogen (secondary N) is 2. The summed E-state index contributed by atoms with van der Waals surface area (Å²) in [6, 6.07) is 2.40. The van der Waals surface area contributed by atoms with E-state index in [0.29, 0.717) is 19.4 Å². The predicted molar refractivity (Wildman–Crippen MR) is 114 cm³/mol. The molecule has 1 aliphatic rings. The Morgan fingerprint density at radius 1 is 1.15 bits per heavy atom. The van der Waals surface area contributed by atoms with Gasteiger partial charge in [0, 0.05) is 18.2 Å². The van der Waals surface area contributed by atoms with Crippen LogP contribution in [0, 0.1) is 5.92 Å². The Morgan fingerprint density at radius 2 is 1.79 bits per heavy atom. The zero-order chi connectivity index (χ0) is 24.8. The van der Waals surface area contributed by atoms with Crippen molar-refractivity contribution in [3.63, 3.8) is 0 Å². The van der Waals surface area contributed by atoms with Crippen LogP contribution < -0.4 is 16.4 Å². The molecule has 11 heteroatoms. The number of benzene rings is 1. The Morgan fingerprint density at radius 3 is 2.36 bits per heavy atom. The topological polar surface area (TPSA) is 67.2 Å². The molecule has 1 fully saturated rings. The van der Waals surface area contributed by atoms with Gasteiger partial charge in [0.15, 0.2) is 0 Å². The van der Waals surface area contributed by atoms with E-state index in [-0.39, 0.29) is 28.4 Å². The second kappa shape index (κ2) is 11.0. The van der Waals surface area contributed by atoms with Gasteiger partial charge in [-0.15, -0.1) is 0 Å². The van der Waals surface area contributed by atoms with Gasteiger partial charge in [0.2, 0.25) is 0 Å². The fourth-order valence-corrected chi connectivity index (χ4v) is 3.54. The summed E-state index contributed by atoms with van der Waals surface area (Å²) in [6.45, 7) is 3.42. The molecule has 0 spiro atoms. The molecular weight excluding hydrogens is 472 g/mol. The van der Waals surface area contributed by atoms with Gasteiger partial charge < -0.3 is 16.4 Å². The smallest absolute Gasteiger partial charge is 0.386 e. The lowest BCUT2D eigenvalue weighted by Crippen LogP contribution is -2.39. The Hall–Kier alpha value is -2.62. The number of hydrogen-bond acceptors (Lipinski definition) is 3. The van der Waals surface area contributed by atoms with E-state index in [0.717, 1.165) is 43.2 Å². The van der Waals surface area contributed by atoms with E-state index >= 15 is 0 Å². The van der Waals surface area contributed by atoms with Gasteiger partial charge in [-0.05, 0) is 55.9 Å². The van der Waals surface area contributed by atoms with Crippen LogP contribution in [0.1, 0.15) is 41.6 Å². The average molecular weight is 496 g/mol. The molecule has 0 unspecified atom stereocenters. The van der Waals surface area contributed by atoms with Crippen molar-refractivity contribution in [2.75, 3.05) is 6.54 Å². The van der Waals surface area contributed by atoms with Crippen LogP contribution in [-0.4, -0.2) is 24.7 Å². The Kier molecular flexibility index (Phi) is 8.88. The third-order valence-electron chi connectivity index (χ3n) is 5.25. The standard InChI is InChI=1S/C22H24ClF6N3O/c1-13(21(24,25)26)3-2-4-19(30)31-12-14-5-8-16(9-6-14)32-20(33)17-11-15(22(27,28)29)7-10-18(17)23/h2-4,7,10-11,14,16,31H,1,5-6,8-9,12,30H2,(H,32,33)/b3-2-,19-4+. The average Bonchev–Trinajstić information content (AvgIpc) is 2.71. The van der Waals surface area contributed by atoms with E-state index in [4.69, 9.17) is 17.3 Å². The maximum atomic E-state index is 12.9. The third-order valence-corrected chi connectivity index (χ3v) is 5.58. The summed E-state index contributed by atoms with van der Waals surface area (Å²) >= 11 is 5.91. The maximum Gasteiger partial charge on any atom is 0.416 e. The monoisotopic (exact) mass is 495 g/mol. The molecule has 182 valence electrons. The molecule has 0 aromatic heterocycles. The summed E-state index contributed by atoms with van der Waals surface area (Å²) in [4.78, 5) is 12.4. The summed E-state index contributed by atoms with van der Waals surface area (Å²) in [5, 5.41) is 5.61. The van der Waals surface area contributed by atoms with Gasteiger partial charge >= 0.3 is 12.4 Å². The fourth-order valence-electron chi connectivity index (χ4n) is 3.33. The fraction of sp³-hybridized carbons (Fsp3) is 0.409. The molecule has 0 heterocycles. The number of allylic oxidation sites excluding steroid dienone is 4. The Bertz CT molecular complexity index is 916. The molecule has 2 rings (SSSR count). The SMILES string of the molecule is C=C(/C=C\C=C(/N)NCC1CCC(NC(=O)c2cc(C(F)(F)F)ccc2Cl)CC1)C(F)(F)F. The third kappa shape index (κ3) is 8.34. The molecule has 1 saturated carbocycles. The number of carbonyl (C=O) groups is 1. The lowest BCUT2D eigenvalue weighted by atomic mass is 9.86. The highest BCUT2D eigenvalue weighted by Crippen LogP contribution is 2.32. The van der Waals surface area contributed by atoms with Crippen LogP contribution in [-0.2, 0) is 6.18 Å². The van der Waals surface area contributed by atoms with Crippen molar-refractivity contribution in [2.45, 2.75) is 44.1 Å². The first-order valence-electron chi connectivity index (χ1n) is 10.1. The van der Waals surface area contributed by atoms with E-state index in [2.05, 4.69) is 17.2 Å². The molecular formula is C22H24ClF6N3O.